The van der Waals surface area contributed by atoms with E-state index < -0.39 is 0 Å². The summed E-state index contributed by atoms with van der Waals surface area (Å²) in [5.41, 5.74) is 2.34. The molecule has 1 fully saturated rings. The Bertz CT molecular complexity index is 590. The van der Waals surface area contributed by atoms with E-state index in [-0.39, 0.29) is 11.3 Å². The number of methoxy groups -OCH3 is 2. The van der Waals surface area contributed by atoms with Gasteiger partial charge in [0.15, 0.2) is 11.5 Å². The molecule has 120 valence electrons. The maximum absolute atomic E-state index is 12.6. The molecule has 22 heavy (non-hydrogen) atoms. The van der Waals surface area contributed by atoms with Crippen molar-refractivity contribution in [2.24, 2.45) is 5.92 Å². The van der Waals surface area contributed by atoms with Gasteiger partial charge in [-0.15, -0.1) is 0 Å². The molecular weight excluding hydrogens is 278 g/mol. The van der Waals surface area contributed by atoms with Crippen molar-refractivity contribution in [2.45, 2.75) is 45.1 Å². The molecule has 1 aliphatic carbocycles. The molecule has 0 saturated heterocycles. The molecule has 1 heterocycles. The van der Waals surface area contributed by atoms with E-state index in [4.69, 9.17) is 9.47 Å². The van der Waals surface area contributed by atoms with Crippen LogP contribution in [0.3, 0.4) is 0 Å². The number of carbonyl (C=O) groups is 1. The van der Waals surface area contributed by atoms with Crippen molar-refractivity contribution in [1.82, 2.24) is 4.90 Å². The lowest BCUT2D eigenvalue weighted by atomic mass is 9.76. The van der Waals surface area contributed by atoms with E-state index in [2.05, 4.69) is 19.9 Å². The maximum Gasteiger partial charge on any atom is 0.226 e. The van der Waals surface area contributed by atoms with Gasteiger partial charge in [-0.05, 0) is 36.1 Å². The number of benzene rings is 1. The van der Waals surface area contributed by atoms with Crippen LogP contribution in [0.15, 0.2) is 12.1 Å². The zero-order valence-electron chi connectivity index (χ0n) is 13.9. The molecule has 1 amide bonds. The fourth-order valence-corrected chi connectivity index (χ4v) is 3.57. The van der Waals surface area contributed by atoms with Crippen molar-refractivity contribution in [3.05, 3.63) is 23.3 Å². The zero-order valence-corrected chi connectivity index (χ0v) is 13.9. The summed E-state index contributed by atoms with van der Waals surface area (Å²) in [4.78, 5) is 14.7. The fraction of sp³-hybridized carbons (Fsp3) is 0.611. The minimum atomic E-state index is -0.0768. The number of amides is 1. The third kappa shape index (κ3) is 2.44. The zero-order chi connectivity index (χ0) is 15.9. The lowest BCUT2D eigenvalue weighted by Crippen LogP contribution is -2.48. The van der Waals surface area contributed by atoms with Gasteiger partial charge in [0.1, 0.15) is 0 Å². The average Bonchev–Trinajstić information content (AvgIpc) is 2.43. The van der Waals surface area contributed by atoms with E-state index in [1.54, 1.807) is 14.2 Å². The van der Waals surface area contributed by atoms with Gasteiger partial charge in [-0.25, -0.2) is 0 Å². The first kappa shape index (κ1) is 15.2. The quantitative estimate of drug-likeness (QED) is 0.861. The Balaban J connectivity index is 1.95. The normalized spacial score (nSPS) is 20.1. The van der Waals surface area contributed by atoms with Gasteiger partial charge >= 0.3 is 0 Å². The van der Waals surface area contributed by atoms with Crippen LogP contribution >= 0.6 is 0 Å². The number of carbonyl (C=O) groups excluding carboxylic acids is 1. The Labute approximate surface area is 132 Å². The van der Waals surface area contributed by atoms with E-state index in [1.165, 1.54) is 17.5 Å². The topological polar surface area (TPSA) is 38.8 Å². The molecule has 0 spiro atoms. The largest absolute Gasteiger partial charge is 0.493 e. The second kappa shape index (κ2) is 5.49. The van der Waals surface area contributed by atoms with Gasteiger partial charge in [-0.3, -0.25) is 4.79 Å². The summed E-state index contributed by atoms with van der Waals surface area (Å²) >= 11 is 0. The van der Waals surface area contributed by atoms with E-state index in [0.717, 1.165) is 30.9 Å². The van der Waals surface area contributed by atoms with Crippen molar-refractivity contribution in [1.29, 1.82) is 0 Å². The molecule has 4 nitrogen and oxygen atoms in total. The van der Waals surface area contributed by atoms with Gasteiger partial charge in [0.25, 0.3) is 0 Å². The Hall–Kier alpha value is -1.71. The molecule has 3 rings (SSSR count). The van der Waals surface area contributed by atoms with E-state index in [9.17, 15) is 4.79 Å². The number of fused-ring (bicyclic) bond motifs is 1. The minimum absolute atomic E-state index is 0.0768. The molecule has 0 radical (unpaired) electrons. The molecule has 2 aliphatic rings. The summed E-state index contributed by atoms with van der Waals surface area (Å²) in [6.45, 7) is 5.83. The molecular formula is C18H25NO3. The Kier molecular flexibility index (Phi) is 3.79. The van der Waals surface area contributed by atoms with Crippen LogP contribution in [0.5, 0.6) is 11.5 Å². The van der Waals surface area contributed by atoms with Gasteiger partial charge in [0, 0.05) is 24.4 Å². The predicted molar refractivity (Wildman–Crippen MR) is 85.3 cm³/mol. The second-order valence-electron chi connectivity index (χ2n) is 7.07. The minimum Gasteiger partial charge on any atom is -0.493 e. The Morgan fingerprint density at radius 1 is 1.18 bits per heavy atom. The Morgan fingerprint density at radius 2 is 1.82 bits per heavy atom. The monoisotopic (exact) mass is 303 g/mol. The van der Waals surface area contributed by atoms with Gasteiger partial charge < -0.3 is 14.4 Å². The van der Waals surface area contributed by atoms with Crippen LogP contribution in [0.4, 0.5) is 0 Å². The fourth-order valence-electron chi connectivity index (χ4n) is 3.57. The van der Waals surface area contributed by atoms with E-state index >= 15 is 0 Å². The van der Waals surface area contributed by atoms with Crippen LogP contribution in [0.1, 0.15) is 44.2 Å². The number of hydrogen-bond acceptors (Lipinski definition) is 3. The van der Waals surface area contributed by atoms with Crippen LogP contribution < -0.4 is 9.47 Å². The maximum atomic E-state index is 12.6. The standard InChI is InChI=1S/C18H25NO3/c1-18(2)11-19(17(20)12-6-5-7-12)10-13-8-15(21-3)16(22-4)9-14(13)18/h8-9,12H,5-7,10-11H2,1-4H3. The van der Waals surface area contributed by atoms with Gasteiger partial charge in [0.05, 0.1) is 14.2 Å². The summed E-state index contributed by atoms with van der Waals surface area (Å²) in [6, 6.07) is 4.09. The summed E-state index contributed by atoms with van der Waals surface area (Å²) in [7, 11) is 3.31. The Morgan fingerprint density at radius 3 is 2.36 bits per heavy atom. The molecule has 0 N–H and O–H groups in total. The first-order valence-electron chi connectivity index (χ1n) is 8.00. The lowest BCUT2D eigenvalue weighted by molar-refractivity contribution is -0.140. The molecule has 0 aromatic heterocycles. The molecule has 4 heteroatoms. The smallest absolute Gasteiger partial charge is 0.226 e. The van der Waals surface area contributed by atoms with Gasteiger partial charge in [-0.2, -0.15) is 0 Å². The number of hydrogen-bond donors (Lipinski definition) is 0. The van der Waals surface area contributed by atoms with Crippen LogP contribution in [-0.2, 0) is 16.8 Å². The lowest BCUT2D eigenvalue weighted by Gasteiger charge is -2.42. The van der Waals surface area contributed by atoms with Crippen LogP contribution in [0, 0.1) is 5.92 Å². The summed E-state index contributed by atoms with van der Waals surface area (Å²) in [5.74, 6) is 2.06. The first-order chi connectivity index (χ1) is 10.5. The molecule has 1 saturated carbocycles. The highest BCUT2D eigenvalue weighted by atomic mass is 16.5. The predicted octanol–water partition coefficient (Wildman–Crippen LogP) is 3.12. The van der Waals surface area contributed by atoms with Gasteiger partial charge in [-0.1, -0.05) is 20.3 Å². The second-order valence-corrected chi connectivity index (χ2v) is 7.07. The molecule has 1 aromatic rings. The third-order valence-electron chi connectivity index (χ3n) is 5.05. The van der Waals surface area contributed by atoms with Crippen LogP contribution in [0.25, 0.3) is 0 Å². The van der Waals surface area contributed by atoms with Crippen molar-refractivity contribution >= 4 is 5.91 Å². The van der Waals surface area contributed by atoms with E-state index in [1.807, 2.05) is 11.0 Å². The highest BCUT2D eigenvalue weighted by molar-refractivity contribution is 5.80. The first-order valence-corrected chi connectivity index (χ1v) is 8.00. The van der Waals surface area contributed by atoms with Crippen molar-refractivity contribution in [3.8, 4) is 11.5 Å². The summed E-state index contributed by atoms with van der Waals surface area (Å²) < 4.78 is 10.8. The van der Waals surface area contributed by atoms with Crippen LogP contribution in [0.2, 0.25) is 0 Å². The molecule has 0 unspecified atom stereocenters. The van der Waals surface area contributed by atoms with Crippen LogP contribution in [-0.4, -0.2) is 31.6 Å². The summed E-state index contributed by atoms with van der Waals surface area (Å²) in [6.07, 6.45) is 3.29. The molecule has 0 atom stereocenters. The third-order valence-corrected chi connectivity index (χ3v) is 5.05. The highest BCUT2D eigenvalue weighted by Gasteiger charge is 2.38. The van der Waals surface area contributed by atoms with Crippen molar-refractivity contribution in [2.75, 3.05) is 20.8 Å². The number of rotatable bonds is 3. The van der Waals surface area contributed by atoms with Crippen molar-refractivity contribution < 1.29 is 14.3 Å². The average molecular weight is 303 g/mol. The molecule has 0 bridgehead atoms. The molecule has 1 aliphatic heterocycles. The SMILES string of the molecule is COc1cc2c(cc1OC)C(C)(C)CN(C(=O)C1CCC1)C2. The summed E-state index contributed by atoms with van der Waals surface area (Å²) in [5, 5.41) is 0. The number of nitrogens with zero attached hydrogens (tertiary/aromatic N) is 1. The number of ether oxygens (including phenoxy) is 2. The molecule has 1 aromatic carbocycles. The van der Waals surface area contributed by atoms with Crippen molar-refractivity contribution in [3.63, 3.8) is 0 Å². The van der Waals surface area contributed by atoms with E-state index in [0.29, 0.717) is 12.5 Å². The van der Waals surface area contributed by atoms with Gasteiger partial charge in [0.2, 0.25) is 5.91 Å². The highest BCUT2D eigenvalue weighted by Crippen LogP contribution is 2.41.